The van der Waals surface area contributed by atoms with Crippen LogP contribution in [0.25, 0.3) is 22.2 Å². The molecular formula is C45H54N4O8S. The first-order valence-corrected chi connectivity index (χ1v) is 22.5. The van der Waals surface area contributed by atoms with E-state index in [-0.39, 0.29) is 55.2 Å². The van der Waals surface area contributed by atoms with Crippen LogP contribution >= 0.6 is 0 Å². The van der Waals surface area contributed by atoms with Crippen molar-refractivity contribution in [3.05, 3.63) is 67.3 Å². The lowest BCUT2D eigenvalue weighted by atomic mass is 9.85. The zero-order valence-electron chi connectivity index (χ0n) is 33.3. The SMILES string of the molecule is C=CC1C[C@]1(CC(=O)[C@@H]1C[C@@H](Oc2cc(-c3ccccc3)nc3cc(OC)ccc23)CN1C(=O)[C@@H](CC(=O)N1CCCCC1)C1CCCC1)C(=O)NS(=O)(=O)C1CC1. The van der Waals surface area contributed by atoms with Crippen LogP contribution in [0.4, 0.5) is 0 Å². The smallest absolute Gasteiger partial charge is 0.240 e. The monoisotopic (exact) mass is 810 g/mol. The molecule has 2 aliphatic heterocycles. The number of carbonyl (C=O) groups excluding carboxylic acids is 4. The molecule has 2 saturated heterocycles. The number of amides is 3. The van der Waals surface area contributed by atoms with Crippen LogP contribution in [0.5, 0.6) is 11.5 Å². The molecule has 8 rings (SSSR count). The van der Waals surface area contributed by atoms with Crippen molar-refractivity contribution in [1.82, 2.24) is 19.5 Å². The number of pyridine rings is 1. The maximum absolute atomic E-state index is 15.0. The summed E-state index contributed by atoms with van der Waals surface area (Å²) in [5.74, 6) is -1.05. The van der Waals surface area contributed by atoms with Gasteiger partial charge in [0.2, 0.25) is 27.7 Å². The predicted octanol–water partition coefficient (Wildman–Crippen LogP) is 6.23. The number of hydrogen-bond acceptors (Lipinski definition) is 9. The van der Waals surface area contributed by atoms with Crippen molar-refractivity contribution < 1.29 is 37.1 Å². The number of hydrogen-bond donors (Lipinski definition) is 1. The van der Waals surface area contributed by atoms with E-state index in [1.165, 1.54) is 0 Å². The highest BCUT2D eigenvalue weighted by Gasteiger charge is 2.61. The molecule has 5 fully saturated rings. The Labute approximate surface area is 340 Å². The lowest BCUT2D eigenvalue weighted by Gasteiger charge is -2.33. The van der Waals surface area contributed by atoms with Crippen LogP contribution in [-0.4, -0.2) is 90.8 Å². The zero-order valence-corrected chi connectivity index (χ0v) is 34.1. The molecule has 12 nitrogen and oxygen atoms in total. The Hall–Kier alpha value is -4.78. The number of allylic oxidation sites excluding steroid dienone is 1. The van der Waals surface area contributed by atoms with Gasteiger partial charge in [-0.05, 0) is 75.3 Å². The van der Waals surface area contributed by atoms with Crippen molar-refractivity contribution in [2.45, 2.75) is 101 Å². The summed E-state index contributed by atoms with van der Waals surface area (Å²) >= 11 is 0. The van der Waals surface area contributed by atoms with Gasteiger partial charge in [-0.3, -0.25) is 23.9 Å². The van der Waals surface area contributed by atoms with Crippen molar-refractivity contribution in [2.75, 3.05) is 26.7 Å². The van der Waals surface area contributed by atoms with E-state index in [0.29, 0.717) is 55.1 Å². The number of piperidine rings is 1. The second kappa shape index (κ2) is 16.5. The second-order valence-electron chi connectivity index (χ2n) is 17.1. The number of nitrogens with zero attached hydrogens (tertiary/aromatic N) is 3. The van der Waals surface area contributed by atoms with E-state index < -0.39 is 44.7 Å². The maximum Gasteiger partial charge on any atom is 0.240 e. The molecule has 0 spiro atoms. The Bertz CT molecular complexity index is 2180. The van der Waals surface area contributed by atoms with Gasteiger partial charge in [0.1, 0.15) is 17.6 Å². The summed E-state index contributed by atoms with van der Waals surface area (Å²) < 4.78 is 40.3. The number of benzene rings is 2. The average Bonchev–Trinajstić information content (AvgIpc) is 4.12. The lowest BCUT2D eigenvalue weighted by Crippen LogP contribution is -2.48. The van der Waals surface area contributed by atoms with Crippen LogP contribution < -0.4 is 14.2 Å². The van der Waals surface area contributed by atoms with Gasteiger partial charge in [0.25, 0.3) is 0 Å². The molecule has 0 bridgehead atoms. The van der Waals surface area contributed by atoms with Gasteiger partial charge in [0.15, 0.2) is 5.78 Å². The second-order valence-corrected chi connectivity index (χ2v) is 19.0. The number of nitrogens with one attached hydrogen (secondary N) is 1. The molecule has 5 atom stereocenters. The van der Waals surface area contributed by atoms with Crippen LogP contribution in [0.3, 0.4) is 0 Å². The molecule has 3 aliphatic carbocycles. The van der Waals surface area contributed by atoms with Gasteiger partial charge < -0.3 is 19.3 Å². The first kappa shape index (κ1) is 40.0. The quantitative estimate of drug-likeness (QED) is 0.176. The number of carbonyl (C=O) groups is 4. The summed E-state index contributed by atoms with van der Waals surface area (Å²) in [6, 6.07) is 16.2. The third-order valence-corrected chi connectivity index (χ3v) is 15.0. The van der Waals surface area contributed by atoms with E-state index >= 15 is 4.79 Å². The van der Waals surface area contributed by atoms with Crippen molar-refractivity contribution in [3.8, 4) is 22.8 Å². The Morgan fingerprint density at radius 2 is 1.72 bits per heavy atom. The molecule has 1 N–H and O–H groups in total. The van der Waals surface area contributed by atoms with E-state index in [1.807, 2.05) is 59.5 Å². The third-order valence-electron chi connectivity index (χ3n) is 13.2. The van der Waals surface area contributed by atoms with Gasteiger partial charge in [0, 0.05) is 61.4 Å². The number of Topliss-reactive ketones (excluding diaryl/α,β-unsaturated/α-hetero) is 1. The van der Waals surface area contributed by atoms with Gasteiger partial charge in [-0.25, -0.2) is 13.4 Å². The fourth-order valence-corrected chi connectivity index (χ4v) is 11.0. The standard InChI is InChI=1S/C45H54N4O8S/c1-3-31-26-45(31,44(53)47-58(54,55)34-17-18-34)27-40(50)39-23-33(28-49(39)43(52)36(29-12-8-9-13-29)24-42(51)48-20-10-5-11-21-48)57-41-25-37(30-14-6-4-7-15-30)46-38-22-32(56-2)16-19-35(38)41/h3-4,6-7,14-16,19,22,25,29,31,33-34,36,39H,1,5,8-13,17-18,20-21,23-24,26-28H2,2H3,(H,47,53)/t31?,33-,36+,39+,45-/m1/s1. The summed E-state index contributed by atoms with van der Waals surface area (Å²) in [6.07, 6.45) is 8.91. The van der Waals surface area contributed by atoms with Crippen LogP contribution in [-0.2, 0) is 29.2 Å². The first-order chi connectivity index (χ1) is 28.0. The minimum atomic E-state index is -3.85. The summed E-state index contributed by atoms with van der Waals surface area (Å²) in [5.41, 5.74) is 0.963. The van der Waals surface area contributed by atoms with Crippen molar-refractivity contribution in [3.63, 3.8) is 0 Å². The van der Waals surface area contributed by atoms with Crippen molar-refractivity contribution in [2.24, 2.45) is 23.2 Å². The highest BCUT2D eigenvalue weighted by molar-refractivity contribution is 7.90. The first-order valence-electron chi connectivity index (χ1n) is 21.0. The molecule has 2 aromatic carbocycles. The van der Waals surface area contributed by atoms with Gasteiger partial charge in [0.05, 0.1) is 41.6 Å². The number of likely N-dealkylation sites (tertiary alicyclic amines) is 2. The van der Waals surface area contributed by atoms with Crippen molar-refractivity contribution >= 4 is 44.4 Å². The number of fused-ring (bicyclic) bond motifs is 1. The molecule has 13 heteroatoms. The third kappa shape index (κ3) is 8.24. The lowest BCUT2D eigenvalue weighted by molar-refractivity contribution is -0.146. The molecule has 3 saturated carbocycles. The molecule has 3 aromatic rings. The summed E-state index contributed by atoms with van der Waals surface area (Å²) in [7, 11) is -2.25. The van der Waals surface area contributed by atoms with E-state index in [4.69, 9.17) is 14.5 Å². The fraction of sp³-hybridized carbons (Fsp3) is 0.533. The zero-order chi connectivity index (χ0) is 40.6. The summed E-state index contributed by atoms with van der Waals surface area (Å²) in [5, 5.41) is 0.141. The Balaban J connectivity index is 1.11. The highest BCUT2D eigenvalue weighted by atomic mass is 32.2. The minimum absolute atomic E-state index is 0.0165. The van der Waals surface area contributed by atoms with Crippen LogP contribution in [0.1, 0.15) is 83.5 Å². The molecule has 308 valence electrons. The van der Waals surface area contributed by atoms with E-state index in [9.17, 15) is 22.8 Å². The van der Waals surface area contributed by atoms with Gasteiger partial charge in [-0.2, -0.15) is 0 Å². The predicted molar refractivity (Wildman–Crippen MR) is 219 cm³/mol. The Morgan fingerprint density at radius 3 is 2.40 bits per heavy atom. The Kier molecular flexibility index (Phi) is 11.4. The largest absolute Gasteiger partial charge is 0.497 e. The summed E-state index contributed by atoms with van der Waals surface area (Å²) in [4.78, 5) is 65.7. The number of methoxy groups -OCH3 is 1. The number of ether oxygens (including phenoxy) is 2. The number of sulfonamides is 1. The highest BCUT2D eigenvalue weighted by Crippen LogP contribution is 2.57. The molecule has 58 heavy (non-hydrogen) atoms. The number of aromatic nitrogens is 1. The normalized spacial score (nSPS) is 25.3. The topological polar surface area (TPSA) is 152 Å². The van der Waals surface area contributed by atoms with E-state index in [0.717, 1.165) is 55.9 Å². The molecule has 1 unspecified atom stereocenters. The minimum Gasteiger partial charge on any atom is -0.497 e. The fourth-order valence-electron chi connectivity index (χ4n) is 9.57. The van der Waals surface area contributed by atoms with Crippen LogP contribution in [0.2, 0.25) is 0 Å². The molecule has 0 radical (unpaired) electrons. The van der Waals surface area contributed by atoms with Gasteiger partial charge in [-0.15, -0.1) is 6.58 Å². The van der Waals surface area contributed by atoms with Crippen LogP contribution in [0, 0.1) is 23.2 Å². The van der Waals surface area contributed by atoms with Gasteiger partial charge >= 0.3 is 0 Å². The van der Waals surface area contributed by atoms with E-state index in [1.54, 1.807) is 18.1 Å². The molecule has 3 heterocycles. The average molecular weight is 811 g/mol. The van der Waals surface area contributed by atoms with Crippen molar-refractivity contribution in [1.29, 1.82) is 0 Å². The van der Waals surface area contributed by atoms with Gasteiger partial charge in [-0.1, -0.05) is 49.2 Å². The molecule has 3 amide bonds. The number of rotatable bonds is 15. The molecular weight excluding hydrogens is 757 g/mol. The number of ketones is 1. The van der Waals surface area contributed by atoms with E-state index in [2.05, 4.69) is 11.3 Å². The summed E-state index contributed by atoms with van der Waals surface area (Å²) in [6.45, 7) is 5.36. The molecule has 5 aliphatic rings. The van der Waals surface area contributed by atoms with Crippen LogP contribution in [0.15, 0.2) is 67.3 Å². The molecule has 1 aromatic heterocycles. The maximum atomic E-state index is 15.0. The Morgan fingerprint density at radius 1 is 0.983 bits per heavy atom.